The van der Waals surface area contributed by atoms with E-state index in [-0.39, 0.29) is 11.5 Å². The Kier molecular flexibility index (Phi) is 5.72. The molecule has 1 amide bonds. The van der Waals surface area contributed by atoms with Crippen molar-refractivity contribution in [2.45, 2.75) is 45.8 Å². The lowest BCUT2D eigenvalue weighted by Gasteiger charge is -2.25. The average Bonchev–Trinajstić information content (AvgIpc) is 2.13. The lowest BCUT2D eigenvalue weighted by molar-refractivity contribution is -0.124. The van der Waals surface area contributed by atoms with E-state index in [1.807, 2.05) is 27.7 Å². The van der Waals surface area contributed by atoms with E-state index in [0.717, 1.165) is 0 Å². The molecule has 4 nitrogen and oxygen atoms in total. The van der Waals surface area contributed by atoms with Crippen LogP contribution in [0.1, 0.15) is 34.1 Å². The van der Waals surface area contributed by atoms with Gasteiger partial charge in [0.05, 0.1) is 11.6 Å². The Morgan fingerprint density at radius 2 is 2.07 bits per heavy atom. The fraction of sp³-hybridized carbons (Fsp3) is 0.900. The molecule has 0 saturated heterocycles. The van der Waals surface area contributed by atoms with Crippen LogP contribution >= 0.6 is 0 Å². The fourth-order valence-electron chi connectivity index (χ4n) is 1.06. The smallest absolute Gasteiger partial charge is 0.237 e. The van der Waals surface area contributed by atoms with Crippen LogP contribution in [0.15, 0.2) is 0 Å². The molecule has 14 heavy (non-hydrogen) atoms. The van der Waals surface area contributed by atoms with Gasteiger partial charge in [-0.1, -0.05) is 6.92 Å². The summed E-state index contributed by atoms with van der Waals surface area (Å²) in [5.41, 5.74) is 5.25. The van der Waals surface area contributed by atoms with Crippen molar-refractivity contribution in [3.8, 4) is 0 Å². The Labute approximate surface area is 86.2 Å². The largest absolute Gasteiger partial charge is 0.374 e. The second kappa shape index (κ2) is 5.98. The Bertz CT molecular complexity index is 181. The summed E-state index contributed by atoms with van der Waals surface area (Å²) >= 11 is 0. The zero-order valence-electron chi connectivity index (χ0n) is 9.59. The highest BCUT2D eigenvalue weighted by atomic mass is 16.5. The molecule has 0 aliphatic heterocycles. The molecular formula is C10H22N2O2. The van der Waals surface area contributed by atoms with Crippen LogP contribution in [0.5, 0.6) is 0 Å². The second-order valence-corrected chi connectivity index (χ2v) is 3.93. The third-order valence-corrected chi connectivity index (χ3v) is 2.00. The molecule has 0 aromatic heterocycles. The molecule has 0 aliphatic carbocycles. The first-order chi connectivity index (χ1) is 6.43. The molecule has 0 rings (SSSR count). The van der Waals surface area contributed by atoms with Crippen molar-refractivity contribution >= 4 is 5.91 Å². The second-order valence-electron chi connectivity index (χ2n) is 3.93. The maximum absolute atomic E-state index is 11.3. The van der Waals surface area contributed by atoms with Crippen molar-refractivity contribution in [2.24, 2.45) is 5.73 Å². The molecule has 0 radical (unpaired) electrons. The Balaban J connectivity index is 3.87. The molecule has 4 heteroatoms. The SMILES string of the molecule is CCOC(C)(C)CNC(=O)[C@@H](N)CC. The van der Waals surface area contributed by atoms with Crippen LogP contribution in [0.25, 0.3) is 0 Å². The molecule has 0 saturated carbocycles. The highest BCUT2D eigenvalue weighted by Crippen LogP contribution is 2.06. The van der Waals surface area contributed by atoms with E-state index in [9.17, 15) is 4.79 Å². The number of nitrogens with two attached hydrogens (primary N) is 1. The summed E-state index contributed by atoms with van der Waals surface area (Å²) in [5, 5.41) is 2.77. The van der Waals surface area contributed by atoms with E-state index in [1.165, 1.54) is 0 Å². The zero-order chi connectivity index (χ0) is 11.2. The van der Waals surface area contributed by atoms with Crippen LogP contribution in [0.3, 0.4) is 0 Å². The topological polar surface area (TPSA) is 64.3 Å². The number of carbonyl (C=O) groups excluding carboxylic acids is 1. The molecular weight excluding hydrogens is 180 g/mol. The summed E-state index contributed by atoms with van der Waals surface area (Å²) in [6.45, 7) is 8.83. The van der Waals surface area contributed by atoms with Gasteiger partial charge in [-0.15, -0.1) is 0 Å². The first-order valence-electron chi connectivity index (χ1n) is 5.10. The van der Waals surface area contributed by atoms with Gasteiger partial charge in [0.15, 0.2) is 0 Å². The highest BCUT2D eigenvalue weighted by molar-refractivity contribution is 5.81. The lowest BCUT2D eigenvalue weighted by Crippen LogP contribution is -2.46. The van der Waals surface area contributed by atoms with Gasteiger partial charge in [-0.05, 0) is 27.2 Å². The number of carbonyl (C=O) groups is 1. The molecule has 3 N–H and O–H groups in total. The molecule has 0 fully saturated rings. The molecule has 0 aromatic carbocycles. The van der Waals surface area contributed by atoms with Crippen LogP contribution in [-0.4, -0.2) is 30.7 Å². The molecule has 1 atom stereocenters. The highest BCUT2D eigenvalue weighted by Gasteiger charge is 2.20. The van der Waals surface area contributed by atoms with Crippen LogP contribution < -0.4 is 11.1 Å². The van der Waals surface area contributed by atoms with Crippen LogP contribution in [0, 0.1) is 0 Å². The number of amides is 1. The average molecular weight is 202 g/mol. The monoisotopic (exact) mass is 202 g/mol. The van der Waals surface area contributed by atoms with Crippen molar-refractivity contribution in [1.29, 1.82) is 0 Å². The standard InChI is InChI=1S/C10H22N2O2/c1-5-8(11)9(13)12-7-10(3,4)14-6-2/h8H,5-7,11H2,1-4H3,(H,12,13)/t8-/m0/s1. The summed E-state index contributed by atoms with van der Waals surface area (Å²) in [7, 11) is 0. The molecule has 0 aliphatic rings. The van der Waals surface area contributed by atoms with Gasteiger partial charge in [0.25, 0.3) is 0 Å². The summed E-state index contributed by atoms with van der Waals surface area (Å²) in [4.78, 5) is 11.3. The van der Waals surface area contributed by atoms with Crippen LogP contribution in [0.4, 0.5) is 0 Å². The summed E-state index contributed by atoms with van der Waals surface area (Å²) in [6.07, 6.45) is 0.654. The quantitative estimate of drug-likeness (QED) is 0.665. The third-order valence-electron chi connectivity index (χ3n) is 2.00. The number of hydrogen-bond acceptors (Lipinski definition) is 3. The van der Waals surface area contributed by atoms with Crippen molar-refractivity contribution in [1.82, 2.24) is 5.32 Å². The van der Waals surface area contributed by atoms with E-state index in [0.29, 0.717) is 19.6 Å². The van der Waals surface area contributed by atoms with Gasteiger partial charge < -0.3 is 15.8 Å². The molecule has 84 valence electrons. The molecule has 0 bridgehead atoms. The van der Waals surface area contributed by atoms with Gasteiger partial charge in [0.1, 0.15) is 0 Å². The minimum Gasteiger partial charge on any atom is -0.374 e. The maximum atomic E-state index is 11.3. The minimum atomic E-state index is -0.410. The molecule has 0 spiro atoms. The van der Waals surface area contributed by atoms with E-state index in [1.54, 1.807) is 0 Å². The van der Waals surface area contributed by atoms with Gasteiger partial charge >= 0.3 is 0 Å². The summed E-state index contributed by atoms with van der Waals surface area (Å²) in [5.74, 6) is -0.111. The predicted molar refractivity (Wildman–Crippen MR) is 57.0 cm³/mol. The summed E-state index contributed by atoms with van der Waals surface area (Å²) < 4.78 is 5.44. The van der Waals surface area contributed by atoms with E-state index in [2.05, 4.69) is 5.32 Å². The Hall–Kier alpha value is -0.610. The molecule has 0 heterocycles. The van der Waals surface area contributed by atoms with Crippen molar-refractivity contribution in [2.75, 3.05) is 13.2 Å². The van der Waals surface area contributed by atoms with E-state index >= 15 is 0 Å². The maximum Gasteiger partial charge on any atom is 0.237 e. The van der Waals surface area contributed by atoms with Gasteiger partial charge in [0.2, 0.25) is 5.91 Å². The number of ether oxygens (including phenoxy) is 1. The van der Waals surface area contributed by atoms with E-state index < -0.39 is 6.04 Å². The first kappa shape index (κ1) is 13.4. The predicted octanol–water partition coefficient (Wildman–Crippen LogP) is 0.655. The summed E-state index contributed by atoms with van der Waals surface area (Å²) in [6, 6.07) is -0.410. The number of nitrogens with one attached hydrogen (secondary N) is 1. The van der Waals surface area contributed by atoms with Crippen LogP contribution in [-0.2, 0) is 9.53 Å². The third kappa shape index (κ3) is 5.19. The number of hydrogen-bond donors (Lipinski definition) is 2. The van der Waals surface area contributed by atoms with Gasteiger partial charge in [-0.2, -0.15) is 0 Å². The molecule has 0 aromatic rings. The first-order valence-corrected chi connectivity index (χ1v) is 5.10. The van der Waals surface area contributed by atoms with Gasteiger partial charge in [-0.25, -0.2) is 0 Å². The fourth-order valence-corrected chi connectivity index (χ4v) is 1.06. The van der Waals surface area contributed by atoms with E-state index in [4.69, 9.17) is 10.5 Å². The molecule has 0 unspecified atom stereocenters. The lowest BCUT2D eigenvalue weighted by atomic mass is 10.1. The minimum absolute atomic E-state index is 0.111. The normalized spacial score (nSPS) is 13.8. The van der Waals surface area contributed by atoms with Crippen molar-refractivity contribution in [3.05, 3.63) is 0 Å². The Morgan fingerprint density at radius 3 is 2.50 bits per heavy atom. The number of rotatable bonds is 6. The van der Waals surface area contributed by atoms with Gasteiger partial charge in [0, 0.05) is 13.2 Å². The van der Waals surface area contributed by atoms with Gasteiger partial charge in [-0.3, -0.25) is 4.79 Å². The Morgan fingerprint density at radius 1 is 1.50 bits per heavy atom. The van der Waals surface area contributed by atoms with Crippen molar-refractivity contribution < 1.29 is 9.53 Å². The van der Waals surface area contributed by atoms with Crippen LogP contribution in [0.2, 0.25) is 0 Å². The zero-order valence-corrected chi connectivity index (χ0v) is 9.59. The van der Waals surface area contributed by atoms with Crippen molar-refractivity contribution in [3.63, 3.8) is 0 Å².